The van der Waals surface area contributed by atoms with Crippen molar-refractivity contribution >= 4 is 46.0 Å². The Bertz CT molecular complexity index is 1340. The second-order valence-corrected chi connectivity index (χ2v) is 12.4. The highest BCUT2D eigenvalue weighted by Gasteiger charge is 2.33. The second-order valence-electron chi connectivity index (χ2n) is 12.4. The average molecular weight is 613 g/mol. The number of nitrogen functional groups attached to an aromatic ring is 1. The SMILES string of the molecule is CC[C@@H]1CC[C@H](C)N(C(=O)C(=O)Nc2cnc(N)c3cn(C4CCCCO4)nc23)C1.CC[C@@H]1CC[C@H](C)N(C(=O)C(N)=O)C1. The van der Waals surface area contributed by atoms with E-state index in [4.69, 9.17) is 16.2 Å². The Kier molecular flexibility index (Phi) is 11.2. The van der Waals surface area contributed by atoms with Crippen molar-refractivity contribution in [1.82, 2.24) is 24.6 Å². The predicted molar refractivity (Wildman–Crippen MR) is 167 cm³/mol. The summed E-state index contributed by atoms with van der Waals surface area (Å²) in [6.07, 6.45) is 12.2. The summed E-state index contributed by atoms with van der Waals surface area (Å²) in [5, 5.41) is 7.94. The van der Waals surface area contributed by atoms with E-state index in [1.54, 1.807) is 20.7 Å². The number of piperidine rings is 2. The van der Waals surface area contributed by atoms with Crippen molar-refractivity contribution in [3.8, 4) is 0 Å². The van der Waals surface area contributed by atoms with Gasteiger partial charge < -0.3 is 31.3 Å². The van der Waals surface area contributed by atoms with Gasteiger partial charge in [-0.3, -0.25) is 19.2 Å². The van der Waals surface area contributed by atoms with Gasteiger partial charge in [-0.1, -0.05) is 26.7 Å². The first-order valence-corrected chi connectivity index (χ1v) is 16.0. The van der Waals surface area contributed by atoms with E-state index in [2.05, 4.69) is 29.2 Å². The molecule has 3 aliphatic rings. The van der Waals surface area contributed by atoms with Crippen LogP contribution in [0, 0.1) is 11.8 Å². The summed E-state index contributed by atoms with van der Waals surface area (Å²) >= 11 is 0. The highest BCUT2D eigenvalue weighted by atomic mass is 16.5. The minimum Gasteiger partial charge on any atom is -0.383 e. The Morgan fingerprint density at radius 3 is 2.09 bits per heavy atom. The number of nitrogens with two attached hydrogens (primary N) is 2. The van der Waals surface area contributed by atoms with E-state index in [0.29, 0.717) is 53.9 Å². The monoisotopic (exact) mass is 612 g/mol. The van der Waals surface area contributed by atoms with Crippen LogP contribution in [0.2, 0.25) is 0 Å². The average Bonchev–Trinajstić information content (AvgIpc) is 3.50. The predicted octanol–water partition coefficient (Wildman–Crippen LogP) is 3.20. The molecule has 0 saturated carbocycles. The molecule has 13 nitrogen and oxygen atoms in total. The highest BCUT2D eigenvalue weighted by molar-refractivity contribution is 6.40. The van der Waals surface area contributed by atoms with Crippen LogP contribution in [0.4, 0.5) is 11.5 Å². The fourth-order valence-corrected chi connectivity index (χ4v) is 6.26. The molecule has 0 bridgehead atoms. The molecule has 3 saturated heterocycles. The number of aromatic nitrogens is 3. The molecule has 242 valence electrons. The van der Waals surface area contributed by atoms with Gasteiger partial charge in [0.15, 0.2) is 0 Å². The van der Waals surface area contributed by atoms with Crippen LogP contribution < -0.4 is 16.8 Å². The number of hydrogen-bond acceptors (Lipinski definition) is 8. The maximum absolute atomic E-state index is 12.9. The van der Waals surface area contributed by atoms with E-state index in [9.17, 15) is 19.2 Å². The number of fused-ring (bicyclic) bond motifs is 1. The molecule has 5 N–H and O–H groups in total. The van der Waals surface area contributed by atoms with Crippen LogP contribution in [-0.2, 0) is 23.9 Å². The molecule has 5 rings (SSSR count). The fraction of sp³-hybridized carbons (Fsp3) is 0.677. The molecular formula is C31H48N8O5. The first-order chi connectivity index (χ1) is 21.0. The third-order valence-corrected chi connectivity index (χ3v) is 9.34. The van der Waals surface area contributed by atoms with E-state index < -0.39 is 23.6 Å². The van der Waals surface area contributed by atoms with E-state index in [0.717, 1.165) is 57.8 Å². The van der Waals surface area contributed by atoms with Gasteiger partial charge in [0.1, 0.15) is 17.6 Å². The number of nitrogens with one attached hydrogen (secondary N) is 1. The molecule has 2 aromatic rings. The summed E-state index contributed by atoms with van der Waals surface area (Å²) in [6.45, 7) is 10.2. The number of primary amides is 1. The summed E-state index contributed by atoms with van der Waals surface area (Å²) in [6, 6.07) is 0.205. The van der Waals surface area contributed by atoms with Crippen LogP contribution >= 0.6 is 0 Å². The molecule has 3 fully saturated rings. The van der Waals surface area contributed by atoms with E-state index in [1.165, 1.54) is 6.20 Å². The van der Waals surface area contributed by atoms with Crippen LogP contribution in [0.15, 0.2) is 12.4 Å². The second kappa shape index (κ2) is 14.8. The zero-order chi connectivity index (χ0) is 32.0. The largest absolute Gasteiger partial charge is 0.383 e. The van der Waals surface area contributed by atoms with Crippen molar-refractivity contribution in [3.63, 3.8) is 0 Å². The van der Waals surface area contributed by atoms with Crippen molar-refractivity contribution in [1.29, 1.82) is 0 Å². The molecule has 44 heavy (non-hydrogen) atoms. The van der Waals surface area contributed by atoms with Crippen LogP contribution in [-0.4, -0.2) is 80.0 Å². The molecule has 0 spiro atoms. The Morgan fingerprint density at radius 2 is 1.55 bits per heavy atom. The van der Waals surface area contributed by atoms with Crippen molar-refractivity contribution in [2.24, 2.45) is 17.6 Å². The van der Waals surface area contributed by atoms with Gasteiger partial charge in [0.05, 0.1) is 17.3 Å². The Morgan fingerprint density at radius 1 is 0.932 bits per heavy atom. The topological polar surface area (TPSA) is 179 Å². The van der Waals surface area contributed by atoms with Gasteiger partial charge in [-0.2, -0.15) is 5.10 Å². The summed E-state index contributed by atoms with van der Waals surface area (Å²) < 4.78 is 7.53. The molecule has 4 amide bonds. The molecule has 2 aromatic heterocycles. The zero-order valence-corrected chi connectivity index (χ0v) is 26.5. The zero-order valence-electron chi connectivity index (χ0n) is 26.5. The normalized spacial score (nSPS) is 25.6. The summed E-state index contributed by atoms with van der Waals surface area (Å²) in [5.41, 5.74) is 11.9. The Balaban J connectivity index is 0.000000265. The first-order valence-electron chi connectivity index (χ1n) is 16.0. The summed E-state index contributed by atoms with van der Waals surface area (Å²) in [7, 11) is 0. The fourth-order valence-electron chi connectivity index (χ4n) is 6.26. The molecule has 13 heteroatoms. The van der Waals surface area contributed by atoms with E-state index >= 15 is 0 Å². The lowest BCUT2D eigenvalue weighted by Gasteiger charge is -2.37. The number of nitrogens with zero attached hydrogens (tertiary/aromatic N) is 5. The van der Waals surface area contributed by atoms with Gasteiger partial charge in [0.25, 0.3) is 0 Å². The molecule has 5 atom stereocenters. The lowest BCUT2D eigenvalue weighted by atomic mass is 9.91. The van der Waals surface area contributed by atoms with E-state index in [1.807, 2.05) is 13.8 Å². The molecule has 0 radical (unpaired) electrons. The van der Waals surface area contributed by atoms with Crippen LogP contribution in [0.1, 0.15) is 91.7 Å². The Labute approximate surface area is 259 Å². The maximum atomic E-state index is 12.9. The lowest BCUT2D eigenvalue weighted by Crippen LogP contribution is -2.49. The number of pyridine rings is 1. The van der Waals surface area contributed by atoms with Gasteiger partial charge in [0.2, 0.25) is 0 Å². The van der Waals surface area contributed by atoms with E-state index in [-0.39, 0.29) is 18.3 Å². The summed E-state index contributed by atoms with van der Waals surface area (Å²) in [5.74, 6) is -1.27. The lowest BCUT2D eigenvalue weighted by molar-refractivity contribution is -0.147. The van der Waals surface area contributed by atoms with Crippen LogP contribution in [0.25, 0.3) is 10.9 Å². The molecule has 5 heterocycles. The molecule has 3 aliphatic heterocycles. The highest BCUT2D eigenvalue weighted by Crippen LogP contribution is 2.30. The number of carbonyl (C=O) groups excluding carboxylic acids is 4. The van der Waals surface area contributed by atoms with Gasteiger partial charge >= 0.3 is 23.6 Å². The smallest absolute Gasteiger partial charge is 0.314 e. The quantitative estimate of drug-likeness (QED) is 0.441. The standard InChI is InChI=1S/C21H30N6O3.C10H18N2O2/c1-3-14-8-7-13(2)26(11-14)21(29)20(28)24-16-10-23-19(22)15-12-27(25-18(15)16)17-6-4-5-9-30-17;1-3-8-5-4-7(2)12(6-8)10(14)9(11)13/h10,12-14,17H,3-9,11H2,1-2H3,(H2,22,23)(H,24,28);7-8H,3-6H2,1-2H3,(H2,11,13)/t13-,14+,17?;7-,8+/m00/s1. The molecular weight excluding hydrogens is 564 g/mol. The number of amides is 4. The minimum atomic E-state index is -0.839. The third kappa shape index (κ3) is 7.66. The maximum Gasteiger partial charge on any atom is 0.314 e. The van der Waals surface area contributed by atoms with Gasteiger partial charge in [-0.25, -0.2) is 9.67 Å². The summed E-state index contributed by atoms with van der Waals surface area (Å²) in [4.78, 5) is 55.3. The van der Waals surface area contributed by atoms with Gasteiger partial charge in [-0.05, 0) is 70.6 Å². The number of likely N-dealkylation sites (tertiary alicyclic amines) is 2. The number of hydrogen-bond donors (Lipinski definition) is 3. The molecule has 0 aliphatic carbocycles. The molecule has 0 aromatic carbocycles. The third-order valence-electron chi connectivity index (χ3n) is 9.34. The number of ether oxygens (including phenoxy) is 1. The molecule has 1 unspecified atom stereocenters. The van der Waals surface area contributed by atoms with Crippen LogP contribution in [0.3, 0.4) is 0 Å². The number of anilines is 2. The number of carbonyl (C=O) groups is 4. The minimum absolute atomic E-state index is 0.0540. The van der Waals surface area contributed by atoms with Crippen molar-refractivity contribution < 1.29 is 23.9 Å². The van der Waals surface area contributed by atoms with Crippen molar-refractivity contribution in [3.05, 3.63) is 12.4 Å². The Hall–Kier alpha value is -3.74. The van der Waals surface area contributed by atoms with Crippen molar-refractivity contribution in [2.45, 2.75) is 104 Å². The van der Waals surface area contributed by atoms with Gasteiger partial charge in [0, 0.05) is 38.0 Å². The van der Waals surface area contributed by atoms with Gasteiger partial charge in [-0.15, -0.1) is 0 Å². The first kappa shape index (κ1) is 33.2. The number of rotatable bonds is 4. The van der Waals surface area contributed by atoms with Crippen molar-refractivity contribution in [2.75, 3.05) is 30.7 Å². The van der Waals surface area contributed by atoms with Crippen LogP contribution in [0.5, 0.6) is 0 Å².